The molecule has 24 heavy (non-hydrogen) atoms. The number of carbonyl (C=O) groups is 1. The molecule has 130 valence electrons. The van der Waals surface area contributed by atoms with E-state index in [2.05, 4.69) is 20.2 Å². The Morgan fingerprint density at radius 1 is 1.29 bits per heavy atom. The molecule has 0 radical (unpaired) electrons. The third-order valence-corrected chi connectivity index (χ3v) is 5.82. The Hall–Kier alpha value is -2.04. The van der Waals surface area contributed by atoms with Gasteiger partial charge in [-0.15, -0.1) is 10.2 Å². The fraction of sp³-hybridized carbons (Fsp3) is 0.357. The second-order valence-electron chi connectivity index (χ2n) is 4.91. The van der Waals surface area contributed by atoms with Gasteiger partial charge >= 0.3 is 0 Å². The van der Waals surface area contributed by atoms with Gasteiger partial charge in [0.25, 0.3) is 10.0 Å². The van der Waals surface area contributed by atoms with Crippen molar-refractivity contribution in [3.63, 3.8) is 0 Å². The Bertz CT molecular complexity index is 802. The van der Waals surface area contributed by atoms with Crippen LogP contribution in [-0.4, -0.2) is 31.6 Å². The average Bonchev–Trinajstić information content (AvgIpc) is 3.01. The summed E-state index contributed by atoms with van der Waals surface area (Å²) in [7, 11) is -2.27. The van der Waals surface area contributed by atoms with Gasteiger partial charge in [0.2, 0.25) is 15.4 Å². The normalized spacial score (nSPS) is 12.6. The molecule has 1 atom stereocenters. The number of aromatic nitrogens is 2. The lowest BCUT2D eigenvalue weighted by molar-refractivity contribution is -0.114. The molecule has 0 aliphatic rings. The van der Waals surface area contributed by atoms with Crippen molar-refractivity contribution >= 4 is 32.4 Å². The van der Waals surface area contributed by atoms with E-state index in [0.29, 0.717) is 12.2 Å². The molecule has 0 aliphatic heterocycles. The van der Waals surface area contributed by atoms with Gasteiger partial charge in [-0.2, -0.15) is 0 Å². The van der Waals surface area contributed by atoms with Crippen LogP contribution >= 0.6 is 11.3 Å². The molecule has 0 saturated heterocycles. The maximum absolute atomic E-state index is 12.5. The van der Waals surface area contributed by atoms with Crippen LogP contribution in [0, 0.1) is 0 Å². The Balaban J connectivity index is 2.18. The zero-order chi connectivity index (χ0) is 17.7. The first kappa shape index (κ1) is 18.3. The zero-order valence-corrected chi connectivity index (χ0v) is 15.1. The molecule has 1 aromatic heterocycles. The van der Waals surface area contributed by atoms with Gasteiger partial charge in [-0.25, -0.2) is 13.1 Å². The van der Waals surface area contributed by atoms with Gasteiger partial charge in [-0.05, 0) is 24.1 Å². The van der Waals surface area contributed by atoms with Crippen molar-refractivity contribution in [3.05, 3.63) is 29.8 Å². The van der Waals surface area contributed by atoms with E-state index < -0.39 is 16.1 Å². The molecule has 2 aromatic rings. The largest absolute Gasteiger partial charge is 0.497 e. The van der Waals surface area contributed by atoms with Crippen molar-refractivity contribution in [2.45, 2.75) is 30.6 Å². The van der Waals surface area contributed by atoms with E-state index in [4.69, 9.17) is 4.74 Å². The maximum atomic E-state index is 12.5. The minimum Gasteiger partial charge on any atom is -0.497 e. The van der Waals surface area contributed by atoms with Crippen molar-refractivity contribution < 1.29 is 17.9 Å². The summed E-state index contributed by atoms with van der Waals surface area (Å²) in [5.74, 6) is 0.355. The van der Waals surface area contributed by atoms with Crippen LogP contribution in [0.4, 0.5) is 5.13 Å². The number of ether oxygens (including phenoxy) is 1. The number of amides is 1. The summed E-state index contributed by atoms with van der Waals surface area (Å²) in [5, 5.41) is 9.83. The molecule has 0 fully saturated rings. The van der Waals surface area contributed by atoms with Crippen LogP contribution in [0.5, 0.6) is 5.75 Å². The van der Waals surface area contributed by atoms with Crippen molar-refractivity contribution in [2.24, 2.45) is 0 Å². The molecule has 1 unspecified atom stereocenters. The average molecular weight is 370 g/mol. The molecule has 0 saturated carbocycles. The minimum absolute atomic E-state index is 0.139. The van der Waals surface area contributed by atoms with Crippen molar-refractivity contribution in [3.8, 4) is 5.75 Å². The third kappa shape index (κ3) is 4.49. The first-order chi connectivity index (χ1) is 11.4. The number of sulfonamides is 1. The number of nitrogens with zero attached hydrogens (tertiary/aromatic N) is 2. The van der Waals surface area contributed by atoms with E-state index in [1.54, 1.807) is 31.4 Å². The topological polar surface area (TPSA) is 110 Å². The number of methoxy groups -OCH3 is 1. The molecule has 2 N–H and O–H groups in total. The number of anilines is 1. The number of hydrogen-bond acceptors (Lipinski definition) is 7. The van der Waals surface area contributed by atoms with Gasteiger partial charge in [-0.1, -0.05) is 30.4 Å². The molecular weight excluding hydrogens is 352 g/mol. The van der Waals surface area contributed by atoms with Crippen molar-refractivity contribution in [1.82, 2.24) is 14.9 Å². The fourth-order valence-electron chi connectivity index (χ4n) is 1.98. The van der Waals surface area contributed by atoms with Crippen LogP contribution in [0.3, 0.4) is 0 Å². The summed E-state index contributed by atoms with van der Waals surface area (Å²) >= 11 is 0.797. The Labute approximate surface area is 144 Å². The van der Waals surface area contributed by atoms with E-state index in [9.17, 15) is 13.2 Å². The quantitative estimate of drug-likeness (QED) is 0.721. The summed E-state index contributed by atoms with van der Waals surface area (Å²) < 4.78 is 32.4. The minimum atomic E-state index is -3.84. The lowest BCUT2D eigenvalue weighted by Crippen LogP contribution is -2.28. The maximum Gasteiger partial charge on any atom is 0.270 e. The summed E-state index contributed by atoms with van der Waals surface area (Å²) in [6.45, 7) is 3.19. The molecule has 2 rings (SSSR count). The van der Waals surface area contributed by atoms with Gasteiger partial charge in [0, 0.05) is 13.0 Å². The Morgan fingerprint density at radius 2 is 1.96 bits per heavy atom. The van der Waals surface area contributed by atoms with Gasteiger partial charge in [0.1, 0.15) is 5.75 Å². The molecule has 0 spiro atoms. The highest BCUT2D eigenvalue weighted by molar-refractivity contribution is 7.91. The SMILES string of the molecule is CCC(NS(=O)(=O)c1nnc(NC(C)=O)s1)c1ccc(OC)cc1. The van der Waals surface area contributed by atoms with Crippen LogP contribution in [-0.2, 0) is 14.8 Å². The van der Waals surface area contributed by atoms with Crippen LogP contribution in [0.15, 0.2) is 28.6 Å². The molecule has 10 heteroatoms. The van der Waals surface area contributed by atoms with E-state index in [1.807, 2.05) is 6.92 Å². The van der Waals surface area contributed by atoms with Gasteiger partial charge < -0.3 is 10.1 Å². The summed E-state index contributed by atoms with van der Waals surface area (Å²) in [6, 6.07) is 6.74. The number of hydrogen-bond donors (Lipinski definition) is 2. The standard InChI is InChI=1S/C14H18N4O4S2/c1-4-12(10-5-7-11(22-3)8-6-10)18-24(20,21)14-17-16-13(23-14)15-9(2)19/h5-8,12,18H,4H2,1-3H3,(H,15,16,19). The van der Waals surface area contributed by atoms with Crippen LogP contribution in [0.1, 0.15) is 31.9 Å². The van der Waals surface area contributed by atoms with Gasteiger partial charge in [0.05, 0.1) is 7.11 Å². The van der Waals surface area contributed by atoms with Crippen molar-refractivity contribution in [1.29, 1.82) is 0 Å². The molecule has 0 bridgehead atoms. The first-order valence-electron chi connectivity index (χ1n) is 7.13. The van der Waals surface area contributed by atoms with Gasteiger partial charge in [-0.3, -0.25) is 4.79 Å². The summed E-state index contributed by atoms with van der Waals surface area (Å²) in [6.07, 6.45) is 0.558. The number of nitrogens with one attached hydrogen (secondary N) is 2. The third-order valence-electron chi connectivity index (χ3n) is 3.14. The van der Waals surface area contributed by atoms with E-state index >= 15 is 0 Å². The highest BCUT2D eigenvalue weighted by atomic mass is 32.2. The lowest BCUT2D eigenvalue weighted by Gasteiger charge is -2.16. The van der Waals surface area contributed by atoms with Crippen LogP contribution in [0.25, 0.3) is 0 Å². The summed E-state index contributed by atoms with van der Waals surface area (Å²) in [4.78, 5) is 11.0. The monoisotopic (exact) mass is 370 g/mol. The van der Waals surface area contributed by atoms with E-state index in [0.717, 1.165) is 16.9 Å². The molecule has 1 aromatic carbocycles. The van der Waals surface area contributed by atoms with Gasteiger partial charge in [0.15, 0.2) is 0 Å². The second-order valence-corrected chi connectivity index (χ2v) is 7.77. The summed E-state index contributed by atoms with van der Waals surface area (Å²) in [5.41, 5.74) is 0.813. The molecule has 8 nitrogen and oxygen atoms in total. The number of rotatable bonds is 7. The smallest absolute Gasteiger partial charge is 0.270 e. The number of benzene rings is 1. The Kier molecular flexibility index (Phi) is 5.86. The van der Waals surface area contributed by atoms with Crippen LogP contribution in [0.2, 0.25) is 0 Å². The highest BCUT2D eigenvalue weighted by Gasteiger charge is 2.24. The predicted molar refractivity (Wildman–Crippen MR) is 90.6 cm³/mol. The molecular formula is C14H18N4O4S2. The highest BCUT2D eigenvalue weighted by Crippen LogP contribution is 2.25. The van der Waals surface area contributed by atoms with Crippen LogP contribution < -0.4 is 14.8 Å². The fourth-order valence-corrected chi connectivity index (χ4v) is 4.25. The molecule has 1 amide bonds. The first-order valence-corrected chi connectivity index (χ1v) is 9.43. The van der Waals surface area contributed by atoms with E-state index in [-0.39, 0.29) is 15.4 Å². The Morgan fingerprint density at radius 3 is 2.50 bits per heavy atom. The van der Waals surface area contributed by atoms with Crippen molar-refractivity contribution in [2.75, 3.05) is 12.4 Å². The molecule has 1 heterocycles. The molecule has 0 aliphatic carbocycles. The number of carbonyl (C=O) groups excluding carboxylic acids is 1. The zero-order valence-electron chi connectivity index (χ0n) is 13.4. The predicted octanol–water partition coefficient (Wildman–Crippen LogP) is 1.93. The van der Waals surface area contributed by atoms with E-state index in [1.165, 1.54) is 6.92 Å². The second kappa shape index (κ2) is 7.69. The lowest BCUT2D eigenvalue weighted by atomic mass is 10.1.